The van der Waals surface area contributed by atoms with Gasteiger partial charge in [0.15, 0.2) is 0 Å². The van der Waals surface area contributed by atoms with Crippen molar-refractivity contribution in [2.45, 2.75) is 23.7 Å². The fourth-order valence-corrected chi connectivity index (χ4v) is 3.02. The maximum absolute atomic E-state index is 11.5. The van der Waals surface area contributed by atoms with Crippen LogP contribution in [0.5, 0.6) is 0 Å². The molecule has 1 aliphatic carbocycles. The molecule has 84 valence electrons. The van der Waals surface area contributed by atoms with E-state index >= 15 is 0 Å². The number of hydrogen-bond donors (Lipinski definition) is 1. The minimum absolute atomic E-state index is 0.155. The van der Waals surface area contributed by atoms with E-state index in [0.29, 0.717) is 16.8 Å². The first-order valence-electron chi connectivity index (χ1n) is 4.99. The van der Waals surface area contributed by atoms with Gasteiger partial charge in [-0.2, -0.15) is 5.10 Å². The van der Waals surface area contributed by atoms with Crippen molar-refractivity contribution in [3.8, 4) is 0 Å². The third kappa shape index (κ3) is 1.51. The van der Waals surface area contributed by atoms with E-state index < -0.39 is 9.05 Å². The predicted molar refractivity (Wildman–Crippen MR) is 61.1 cm³/mol. The summed E-state index contributed by atoms with van der Waals surface area (Å²) in [5.41, 5.74) is 1.55. The molecule has 0 saturated heterocycles. The molecule has 1 aromatic heterocycles. The Morgan fingerprint density at radius 3 is 2.75 bits per heavy atom. The summed E-state index contributed by atoms with van der Waals surface area (Å²) >= 11 is 0. The van der Waals surface area contributed by atoms with Crippen molar-refractivity contribution in [3.05, 3.63) is 23.9 Å². The van der Waals surface area contributed by atoms with Crippen LogP contribution in [-0.4, -0.2) is 18.6 Å². The zero-order valence-corrected chi connectivity index (χ0v) is 9.85. The van der Waals surface area contributed by atoms with Crippen molar-refractivity contribution < 1.29 is 8.42 Å². The summed E-state index contributed by atoms with van der Waals surface area (Å²) in [6.07, 6.45) is 2.15. The summed E-state index contributed by atoms with van der Waals surface area (Å²) < 4.78 is 22.9. The number of fused-ring (bicyclic) bond motifs is 1. The average molecular weight is 257 g/mol. The van der Waals surface area contributed by atoms with Gasteiger partial charge in [-0.15, -0.1) is 0 Å². The first kappa shape index (κ1) is 10.1. The van der Waals surface area contributed by atoms with Crippen LogP contribution in [0.3, 0.4) is 0 Å². The highest BCUT2D eigenvalue weighted by molar-refractivity contribution is 8.14. The molecule has 1 fully saturated rings. The van der Waals surface area contributed by atoms with Gasteiger partial charge in [-0.3, -0.25) is 5.10 Å². The van der Waals surface area contributed by atoms with Crippen LogP contribution in [0, 0.1) is 0 Å². The third-order valence-electron chi connectivity index (χ3n) is 2.82. The number of aromatic nitrogens is 2. The van der Waals surface area contributed by atoms with Crippen LogP contribution in [0.1, 0.15) is 24.5 Å². The summed E-state index contributed by atoms with van der Waals surface area (Å²) in [5.74, 6) is 0.407. The lowest BCUT2D eigenvalue weighted by molar-refractivity contribution is 0.610. The molecule has 4 nitrogen and oxygen atoms in total. The van der Waals surface area contributed by atoms with E-state index in [1.54, 1.807) is 12.1 Å². The smallest absolute Gasteiger partial charge is 0.262 e. The summed E-state index contributed by atoms with van der Waals surface area (Å²) in [4.78, 5) is 0.155. The van der Waals surface area contributed by atoms with Crippen molar-refractivity contribution in [2.75, 3.05) is 0 Å². The van der Waals surface area contributed by atoms with Crippen LogP contribution >= 0.6 is 10.7 Å². The van der Waals surface area contributed by atoms with Gasteiger partial charge >= 0.3 is 0 Å². The second kappa shape index (κ2) is 3.21. The number of rotatable bonds is 2. The second-order valence-electron chi connectivity index (χ2n) is 4.00. The van der Waals surface area contributed by atoms with E-state index in [2.05, 4.69) is 10.2 Å². The summed E-state index contributed by atoms with van der Waals surface area (Å²) in [7, 11) is 1.71. The van der Waals surface area contributed by atoms with E-state index in [4.69, 9.17) is 10.7 Å². The monoisotopic (exact) mass is 256 g/mol. The van der Waals surface area contributed by atoms with Crippen molar-refractivity contribution in [1.29, 1.82) is 0 Å². The van der Waals surface area contributed by atoms with Gasteiger partial charge in [-0.05, 0) is 25.0 Å². The van der Waals surface area contributed by atoms with Crippen LogP contribution in [0.4, 0.5) is 0 Å². The van der Waals surface area contributed by atoms with Crippen LogP contribution in [0.25, 0.3) is 10.9 Å². The number of halogens is 1. The minimum atomic E-state index is -3.72. The van der Waals surface area contributed by atoms with Crippen molar-refractivity contribution >= 4 is 30.6 Å². The molecule has 0 bridgehead atoms. The maximum Gasteiger partial charge on any atom is 0.262 e. The van der Waals surface area contributed by atoms with Crippen LogP contribution in [0.15, 0.2) is 23.1 Å². The molecule has 0 unspecified atom stereocenters. The molecule has 16 heavy (non-hydrogen) atoms. The SMILES string of the molecule is O=S(=O)(Cl)c1cccc2n[nH]c(C3CC3)c12. The average Bonchev–Trinajstić information content (AvgIpc) is 2.96. The molecular formula is C10H9ClN2O2S. The van der Waals surface area contributed by atoms with Gasteiger partial charge in [0.2, 0.25) is 0 Å². The van der Waals surface area contributed by atoms with Crippen LogP contribution in [-0.2, 0) is 9.05 Å². The fourth-order valence-electron chi connectivity index (χ4n) is 1.93. The zero-order valence-electron chi connectivity index (χ0n) is 8.27. The summed E-state index contributed by atoms with van der Waals surface area (Å²) in [6.45, 7) is 0. The standard InChI is InChI=1S/C10H9ClN2O2S/c11-16(14,15)8-3-1-2-7-9(8)10(13-12-7)6-4-5-6/h1-3,6H,4-5H2,(H,12,13). The van der Waals surface area contributed by atoms with Gasteiger partial charge < -0.3 is 0 Å². The second-order valence-corrected chi connectivity index (χ2v) is 6.53. The number of aromatic amines is 1. The highest BCUT2D eigenvalue weighted by Gasteiger charge is 2.30. The van der Waals surface area contributed by atoms with E-state index in [1.807, 2.05) is 0 Å². The molecule has 3 rings (SSSR count). The molecule has 0 radical (unpaired) electrons. The van der Waals surface area contributed by atoms with Gasteiger partial charge in [0.1, 0.15) is 0 Å². The Hall–Kier alpha value is -1.07. The molecule has 1 aliphatic rings. The molecule has 1 saturated carbocycles. The molecule has 2 aromatic rings. The first-order valence-corrected chi connectivity index (χ1v) is 7.30. The third-order valence-corrected chi connectivity index (χ3v) is 4.18. The summed E-state index contributed by atoms with van der Waals surface area (Å²) in [5, 5.41) is 7.67. The normalized spacial score (nSPS) is 16.8. The Morgan fingerprint density at radius 1 is 1.38 bits per heavy atom. The molecule has 0 aliphatic heterocycles. The van der Waals surface area contributed by atoms with Gasteiger partial charge in [0.25, 0.3) is 9.05 Å². The van der Waals surface area contributed by atoms with Gasteiger partial charge in [-0.1, -0.05) is 6.07 Å². The lowest BCUT2D eigenvalue weighted by atomic mass is 10.1. The van der Waals surface area contributed by atoms with Crippen LogP contribution in [0.2, 0.25) is 0 Å². The highest BCUT2D eigenvalue weighted by atomic mass is 35.7. The number of nitrogens with zero attached hydrogens (tertiary/aromatic N) is 1. The molecule has 0 spiro atoms. The highest BCUT2D eigenvalue weighted by Crippen LogP contribution is 2.43. The molecule has 1 N–H and O–H groups in total. The van der Waals surface area contributed by atoms with Gasteiger partial charge in [0, 0.05) is 27.7 Å². The van der Waals surface area contributed by atoms with E-state index in [0.717, 1.165) is 18.5 Å². The molecule has 6 heteroatoms. The Kier molecular flexibility index (Phi) is 2.03. The lowest BCUT2D eigenvalue weighted by Crippen LogP contribution is -1.93. The van der Waals surface area contributed by atoms with E-state index in [1.165, 1.54) is 6.07 Å². The molecule has 0 amide bonds. The molecule has 1 aromatic carbocycles. The topological polar surface area (TPSA) is 62.8 Å². The number of nitrogens with one attached hydrogen (secondary N) is 1. The number of benzene rings is 1. The van der Waals surface area contributed by atoms with E-state index in [9.17, 15) is 8.42 Å². The number of H-pyrrole nitrogens is 1. The van der Waals surface area contributed by atoms with Crippen molar-refractivity contribution in [2.24, 2.45) is 0 Å². The predicted octanol–water partition coefficient (Wildman–Crippen LogP) is 2.37. The quantitative estimate of drug-likeness (QED) is 0.839. The van der Waals surface area contributed by atoms with E-state index in [-0.39, 0.29) is 4.90 Å². The molecule has 0 atom stereocenters. The molecule has 1 heterocycles. The largest absolute Gasteiger partial charge is 0.281 e. The Bertz CT molecular complexity index is 659. The van der Waals surface area contributed by atoms with Gasteiger partial charge in [0.05, 0.1) is 10.4 Å². The van der Waals surface area contributed by atoms with Crippen LogP contribution < -0.4 is 0 Å². The maximum atomic E-state index is 11.5. The summed E-state index contributed by atoms with van der Waals surface area (Å²) in [6, 6.07) is 4.95. The Labute approximate surface area is 97.0 Å². The first-order chi connectivity index (χ1) is 7.57. The minimum Gasteiger partial charge on any atom is -0.281 e. The van der Waals surface area contributed by atoms with Gasteiger partial charge in [-0.25, -0.2) is 8.42 Å². The zero-order chi connectivity index (χ0) is 11.3. The van der Waals surface area contributed by atoms with Crippen molar-refractivity contribution in [1.82, 2.24) is 10.2 Å². The Balaban J connectivity index is 2.39. The fraction of sp³-hybridized carbons (Fsp3) is 0.300. The Morgan fingerprint density at radius 2 is 2.12 bits per heavy atom. The van der Waals surface area contributed by atoms with Crippen molar-refractivity contribution in [3.63, 3.8) is 0 Å². The molecular weight excluding hydrogens is 248 g/mol. The number of hydrogen-bond acceptors (Lipinski definition) is 3. The lowest BCUT2D eigenvalue weighted by Gasteiger charge is -2.00.